The highest BCUT2D eigenvalue weighted by atomic mass is 15.1. The van der Waals surface area contributed by atoms with E-state index in [1.807, 2.05) is 0 Å². The van der Waals surface area contributed by atoms with Crippen LogP contribution < -0.4 is 5.32 Å². The van der Waals surface area contributed by atoms with Gasteiger partial charge >= 0.3 is 0 Å². The molecule has 0 spiro atoms. The Kier molecular flexibility index (Phi) is 4.84. The van der Waals surface area contributed by atoms with E-state index in [-0.39, 0.29) is 0 Å². The van der Waals surface area contributed by atoms with Gasteiger partial charge in [-0.3, -0.25) is 0 Å². The summed E-state index contributed by atoms with van der Waals surface area (Å²) in [6, 6.07) is 7.26. The van der Waals surface area contributed by atoms with Crippen molar-refractivity contribution in [3.8, 4) is 0 Å². The summed E-state index contributed by atoms with van der Waals surface area (Å²) in [5.41, 5.74) is 5.63. The van der Waals surface area contributed by atoms with E-state index in [1.165, 1.54) is 41.4 Å². The van der Waals surface area contributed by atoms with Gasteiger partial charge in [-0.25, -0.2) is 0 Å². The number of nitrogens with one attached hydrogen (secondary N) is 2. The van der Waals surface area contributed by atoms with Gasteiger partial charge in [0, 0.05) is 35.7 Å². The molecule has 1 unspecified atom stereocenters. The number of hydrogen-bond acceptors (Lipinski definition) is 2. The van der Waals surface area contributed by atoms with Crippen molar-refractivity contribution in [3.05, 3.63) is 35.0 Å². The molecule has 1 aromatic heterocycles. The highest BCUT2D eigenvalue weighted by Crippen LogP contribution is 2.34. The molecule has 0 radical (unpaired) electrons. The molecular weight excluding hydrogens is 270 g/mol. The number of aromatic nitrogens is 1. The molecule has 1 atom stereocenters. The van der Waals surface area contributed by atoms with Gasteiger partial charge in [-0.05, 0) is 57.0 Å². The molecule has 3 heteroatoms. The van der Waals surface area contributed by atoms with Crippen LogP contribution in [0.15, 0.2) is 18.2 Å². The lowest BCUT2D eigenvalue weighted by Crippen LogP contribution is -2.34. The fourth-order valence-electron chi connectivity index (χ4n) is 3.72. The zero-order chi connectivity index (χ0) is 15.5. The van der Waals surface area contributed by atoms with Gasteiger partial charge in [0.1, 0.15) is 0 Å². The van der Waals surface area contributed by atoms with E-state index in [2.05, 4.69) is 54.2 Å². The molecule has 0 bridgehead atoms. The van der Waals surface area contributed by atoms with Crippen molar-refractivity contribution in [2.75, 3.05) is 26.2 Å². The van der Waals surface area contributed by atoms with Crippen molar-refractivity contribution in [1.29, 1.82) is 0 Å². The molecule has 1 aliphatic carbocycles. The van der Waals surface area contributed by atoms with Crippen LogP contribution in [0.1, 0.15) is 49.6 Å². The predicted molar refractivity (Wildman–Crippen MR) is 94.5 cm³/mol. The standard InChI is InChI=1S/C19H29N3/c1-4-22(5-2)12-11-20-18-8-6-7-15-16-13-14(3)9-10-17(16)21-19(15)18/h9-10,13,18,20-21H,4-8,11-12H2,1-3H3. The van der Waals surface area contributed by atoms with Crippen LogP contribution in [0.4, 0.5) is 0 Å². The number of rotatable bonds is 6. The molecule has 1 aliphatic rings. The summed E-state index contributed by atoms with van der Waals surface area (Å²) in [7, 11) is 0. The van der Waals surface area contributed by atoms with E-state index in [9.17, 15) is 0 Å². The second-order valence-corrected chi connectivity index (χ2v) is 6.49. The summed E-state index contributed by atoms with van der Waals surface area (Å²) in [6.07, 6.45) is 3.75. The van der Waals surface area contributed by atoms with Gasteiger partial charge in [-0.1, -0.05) is 25.5 Å². The van der Waals surface area contributed by atoms with Crippen LogP contribution in [0.2, 0.25) is 0 Å². The second kappa shape index (κ2) is 6.84. The molecule has 120 valence electrons. The van der Waals surface area contributed by atoms with Crippen LogP contribution in [0, 0.1) is 6.92 Å². The molecule has 3 rings (SSSR count). The second-order valence-electron chi connectivity index (χ2n) is 6.49. The number of fused-ring (bicyclic) bond motifs is 3. The van der Waals surface area contributed by atoms with Gasteiger partial charge < -0.3 is 15.2 Å². The Bertz CT molecular complexity index is 625. The van der Waals surface area contributed by atoms with Gasteiger partial charge in [-0.15, -0.1) is 0 Å². The van der Waals surface area contributed by atoms with Crippen molar-refractivity contribution in [2.24, 2.45) is 0 Å². The van der Waals surface area contributed by atoms with Crippen molar-refractivity contribution in [3.63, 3.8) is 0 Å². The SMILES string of the molecule is CCN(CC)CCNC1CCCc2c1[nH]c1ccc(C)cc21. The molecule has 0 fully saturated rings. The van der Waals surface area contributed by atoms with Crippen LogP contribution in [-0.2, 0) is 6.42 Å². The smallest absolute Gasteiger partial charge is 0.0476 e. The van der Waals surface area contributed by atoms with Gasteiger partial charge in [0.2, 0.25) is 0 Å². The van der Waals surface area contributed by atoms with Gasteiger partial charge in [-0.2, -0.15) is 0 Å². The fourth-order valence-corrected chi connectivity index (χ4v) is 3.72. The van der Waals surface area contributed by atoms with E-state index in [0.717, 1.165) is 26.2 Å². The van der Waals surface area contributed by atoms with Gasteiger partial charge in [0.15, 0.2) is 0 Å². The zero-order valence-corrected chi connectivity index (χ0v) is 14.2. The van der Waals surface area contributed by atoms with Crippen molar-refractivity contribution < 1.29 is 0 Å². The first kappa shape index (κ1) is 15.6. The third-order valence-corrected chi connectivity index (χ3v) is 5.08. The van der Waals surface area contributed by atoms with Crippen LogP contribution in [0.25, 0.3) is 10.9 Å². The van der Waals surface area contributed by atoms with E-state index in [0.29, 0.717) is 6.04 Å². The molecule has 0 aliphatic heterocycles. The molecule has 3 nitrogen and oxygen atoms in total. The Labute approximate surface area is 134 Å². The van der Waals surface area contributed by atoms with Gasteiger partial charge in [0.25, 0.3) is 0 Å². The number of nitrogens with zero attached hydrogens (tertiary/aromatic N) is 1. The van der Waals surface area contributed by atoms with Crippen molar-refractivity contribution >= 4 is 10.9 Å². The molecule has 0 saturated heterocycles. The lowest BCUT2D eigenvalue weighted by Gasteiger charge is -2.26. The third kappa shape index (κ3) is 3.06. The zero-order valence-electron chi connectivity index (χ0n) is 14.2. The summed E-state index contributed by atoms with van der Waals surface area (Å²) >= 11 is 0. The molecule has 2 aromatic rings. The Hall–Kier alpha value is -1.32. The number of hydrogen-bond donors (Lipinski definition) is 2. The Morgan fingerprint density at radius 1 is 1.27 bits per heavy atom. The molecule has 22 heavy (non-hydrogen) atoms. The first-order valence-corrected chi connectivity index (χ1v) is 8.79. The maximum absolute atomic E-state index is 3.78. The molecule has 1 heterocycles. The largest absolute Gasteiger partial charge is 0.357 e. The normalized spacial score (nSPS) is 18.1. The lowest BCUT2D eigenvalue weighted by atomic mass is 9.91. The average molecular weight is 299 g/mol. The fraction of sp³-hybridized carbons (Fsp3) is 0.579. The Morgan fingerprint density at radius 3 is 2.86 bits per heavy atom. The number of likely N-dealkylation sites (N-methyl/N-ethyl adjacent to an activating group) is 1. The number of aryl methyl sites for hydroxylation is 2. The minimum Gasteiger partial charge on any atom is -0.357 e. The lowest BCUT2D eigenvalue weighted by molar-refractivity contribution is 0.292. The molecule has 1 aromatic carbocycles. The topological polar surface area (TPSA) is 31.1 Å². The molecule has 0 amide bonds. The minimum atomic E-state index is 0.493. The van der Waals surface area contributed by atoms with Crippen LogP contribution >= 0.6 is 0 Å². The maximum Gasteiger partial charge on any atom is 0.0476 e. The third-order valence-electron chi connectivity index (χ3n) is 5.08. The van der Waals surface area contributed by atoms with Crippen molar-refractivity contribution in [1.82, 2.24) is 15.2 Å². The Balaban J connectivity index is 1.75. The summed E-state index contributed by atoms with van der Waals surface area (Å²) in [5, 5.41) is 5.21. The van der Waals surface area contributed by atoms with Crippen LogP contribution in [0.3, 0.4) is 0 Å². The first-order valence-electron chi connectivity index (χ1n) is 8.79. The van der Waals surface area contributed by atoms with E-state index < -0.39 is 0 Å². The number of aromatic amines is 1. The number of H-pyrrole nitrogens is 1. The van der Waals surface area contributed by atoms with Crippen molar-refractivity contribution in [2.45, 2.75) is 46.1 Å². The van der Waals surface area contributed by atoms with E-state index >= 15 is 0 Å². The summed E-state index contributed by atoms with van der Waals surface area (Å²) in [6.45, 7) is 11.1. The molecule has 2 N–H and O–H groups in total. The Morgan fingerprint density at radius 2 is 2.09 bits per heavy atom. The maximum atomic E-state index is 3.78. The number of benzene rings is 1. The molecule has 0 saturated carbocycles. The highest BCUT2D eigenvalue weighted by Gasteiger charge is 2.23. The van der Waals surface area contributed by atoms with Gasteiger partial charge in [0.05, 0.1) is 0 Å². The average Bonchev–Trinajstić information content (AvgIpc) is 2.90. The predicted octanol–water partition coefficient (Wildman–Crippen LogP) is 3.79. The van der Waals surface area contributed by atoms with Crippen LogP contribution in [0.5, 0.6) is 0 Å². The van der Waals surface area contributed by atoms with Crippen LogP contribution in [-0.4, -0.2) is 36.1 Å². The minimum absolute atomic E-state index is 0.493. The van der Waals surface area contributed by atoms with E-state index in [1.54, 1.807) is 5.56 Å². The van der Waals surface area contributed by atoms with E-state index in [4.69, 9.17) is 0 Å². The monoisotopic (exact) mass is 299 g/mol. The summed E-state index contributed by atoms with van der Waals surface area (Å²) in [5.74, 6) is 0. The summed E-state index contributed by atoms with van der Waals surface area (Å²) in [4.78, 5) is 6.16. The first-order chi connectivity index (χ1) is 10.7. The quantitative estimate of drug-likeness (QED) is 0.850. The highest BCUT2D eigenvalue weighted by molar-refractivity contribution is 5.85. The molecular formula is C19H29N3. The summed E-state index contributed by atoms with van der Waals surface area (Å²) < 4.78 is 0.